The molecule has 5 nitrogen and oxygen atoms in total. The summed E-state index contributed by atoms with van der Waals surface area (Å²) >= 11 is 0. The van der Waals surface area contributed by atoms with Crippen LogP contribution in [-0.4, -0.2) is 24.9 Å². The van der Waals surface area contributed by atoms with Gasteiger partial charge in [0.05, 0.1) is 15.3 Å². The molecule has 29 heavy (non-hydrogen) atoms. The van der Waals surface area contributed by atoms with E-state index in [1.165, 1.54) is 0 Å². The molecule has 0 fully saturated rings. The lowest BCUT2D eigenvalue weighted by Gasteiger charge is -2.20. The lowest BCUT2D eigenvalue weighted by Crippen LogP contribution is -2.13. The number of nitrogens with zero attached hydrogens (tertiary/aromatic N) is 2. The van der Waals surface area contributed by atoms with Gasteiger partial charge < -0.3 is 9.64 Å². The zero-order chi connectivity index (χ0) is 19.8. The van der Waals surface area contributed by atoms with Crippen molar-refractivity contribution in [3.8, 4) is 0 Å². The summed E-state index contributed by atoms with van der Waals surface area (Å²) in [5.41, 5.74) is 2.89. The molecule has 0 atom stereocenters. The molecule has 0 amide bonds. The second-order valence-electron chi connectivity index (χ2n) is 6.96. The first-order chi connectivity index (χ1) is 14.1. The maximum atomic E-state index is 13.0. The van der Waals surface area contributed by atoms with Gasteiger partial charge in [-0.1, -0.05) is 18.2 Å². The highest BCUT2D eigenvalue weighted by Gasteiger charge is 2.19. The van der Waals surface area contributed by atoms with Crippen molar-refractivity contribution in [2.45, 2.75) is 16.3 Å². The van der Waals surface area contributed by atoms with Gasteiger partial charge >= 0.3 is 0 Å². The van der Waals surface area contributed by atoms with E-state index in [0.717, 1.165) is 27.8 Å². The van der Waals surface area contributed by atoms with E-state index in [4.69, 9.17) is 4.74 Å². The van der Waals surface area contributed by atoms with Crippen LogP contribution in [0.15, 0.2) is 106 Å². The van der Waals surface area contributed by atoms with Crippen molar-refractivity contribution in [2.75, 3.05) is 6.61 Å². The standard InChI is InChI=1S/C23H18N2O3S/c26-29(27,21-7-8-22-19(14-21)2-1-11-24-22)20-5-3-17(4-6-20)15-25-12-9-18-10-13-28-23(18)16-25/h1-12,14,16H,13,15H2. The van der Waals surface area contributed by atoms with Gasteiger partial charge in [0, 0.05) is 36.1 Å². The van der Waals surface area contributed by atoms with E-state index in [1.807, 2.05) is 47.7 Å². The Morgan fingerprint density at radius 1 is 1.03 bits per heavy atom. The predicted octanol–water partition coefficient (Wildman–Crippen LogP) is 4.19. The summed E-state index contributed by atoms with van der Waals surface area (Å²) in [6.07, 6.45) is 9.72. The molecule has 0 unspecified atom stereocenters. The molecule has 6 heteroatoms. The topological polar surface area (TPSA) is 59.5 Å². The molecular weight excluding hydrogens is 384 g/mol. The SMILES string of the molecule is O=S(=O)(c1ccc(CN2C=CC3=CCOC3=C2)cc1)c1ccc2ncccc2c1. The second kappa shape index (κ2) is 6.90. The number of rotatable bonds is 4. The molecule has 0 N–H and O–H groups in total. The Morgan fingerprint density at radius 2 is 1.86 bits per heavy atom. The molecule has 2 aliphatic rings. The highest BCUT2D eigenvalue weighted by Crippen LogP contribution is 2.27. The fourth-order valence-electron chi connectivity index (χ4n) is 3.48. The van der Waals surface area contributed by atoms with E-state index in [2.05, 4.69) is 4.98 Å². The number of benzene rings is 2. The molecule has 0 bridgehead atoms. The molecule has 0 saturated heterocycles. The van der Waals surface area contributed by atoms with E-state index in [1.54, 1.807) is 42.6 Å². The molecular formula is C23H18N2O3S. The highest BCUT2D eigenvalue weighted by molar-refractivity contribution is 7.91. The van der Waals surface area contributed by atoms with Crippen LogP contribution in [0, 0.1) is 0 Å². The summed E-state index contributed by atoms with van der Waals surface area (Å²) in [6, 6.07) is 15.7. The molecule has 1 aromatic heterocycles. The Kier molecular flexibility index (Phi) is 4.21. The van der Waals surface area contributed by atoms with Gasteiger partial charge in [-0.05, 0) is 54.1 Å². The van der Waals surface area contributed by atoms with Gasteiger partial charge in [0.1, 0.15) is 12.4 Å². The number of allylic oxidation sites excluding steroid dienone is 1. The summed E-state index contributed by atoms with van der Waals surface area (Å²) in [6.45, 7) is 1.25. The van der Waals surface area contributed by atoms with Crippen molar-refractivity contribution < 1.29 is 13.2 Å². The summed E-state index contributed by atoms with van der Waals surface area (Å²) < 4.78 is 31.6. The molecule has 3 aromatic rings. The minimum Gasteiger partial charge on any atom is -0.487 e. The largest absolute Gasteiger partial charge is 0.487 e. The lowest BCUT2D eigenvalue weighted by atomic mass is 10.1. The van der Waals surface area contributed by atoms with Crippen LogP contribution in [0.2, 0.25) is 0 Å². The average Bonchev–Trinajstić information content (AvgIpc) is 3.22. The van der Waals surface area contributed by atoms with Gasteiger partial charge in [-0.15, -0.1) is 0 Å². The third kappa shape index (κ3) is 3.32. The molecule has 2 aromatic carbocycles. The quantitative estimate of drug-likeness (QED) is 0.655. The van der Waals surface area contributed by atoms with Crippen molar-refractivity contribution in [3.05, 3.63) is 102 Å². The third-order valence-corrected chi connectivity index (χ3v) is 6.81. The van der Waals surface area contributed by atoms with Gasteiger partial charge in [-0.3, -0.25) is 4.98 Å². The molecule has 144 valence electrons. The van der Waals surface area contributed by atoms with Crippen molar-refractivity contribution in [1.82, 2.24) is 9.88 Å². The van der Waals surface area contributed by atoms with Crippen LogP contribution >= 0.6 is 0 Å². The monoisotopic (exact) mass is 402 g/mol. The number of ether oxygens (including phenoxy) is 1. The van der Waals surface area contributed by atoms with Gasteiger partial charge in [0.2, 0.25) is 9.84 Å². The van der Waals surface area contributed by atoms with Crippen LogP contribution in [0.1, 0.15) is 5.56 Å². The molecule has 0 aliphatic carbocycles. The first-order valence-corrected chi connectivity index (χ1v) is 10.8. The van der Waals surface area contributed by atoms with E-state index >= 15 is 0 Å². The minimum atomic E-state index is -3.59. The summed E-state index contributed by atoms with van der Waals surface area (Å²) in [5, 5.41) is 0.803. The molecule has 5 rings (SSSR count). The average molecular weight is 402 g/mol. The lowest BCUT2D eigenvalue weighted by molar-refractivity contribution is 0.265. The Hall–Kier alpha value is -3.38. The van der Waals surface area contributed by atoms with Crippen molar-refractivity contribution in [1.29, 1.82) is 0 Å². The van der Waals surface area contributed by atoms with Crippen LogP contribution in [0.25, 0.3) is 10.9 Å². The van der Waals surface area contributed by atoms with Crippen LogP contribution in [0.4, 0.5) is 0 Å². The van der Waals surface area contributed by atoms with Crippen molar-refractivity contribution in [2.24, 2.45) is 0 Å². The van der Waals surface area contributed by atoms with Gasteiger partial charge in [-0.2, -0.15) is 0 Å². The fourth-order valence-corrected chi connectivity index (χ4v) is 4.77. The second-order valence-corrected chi connectivity index (χ2v) is 8.91. The fraction of sp³-hybridized carbons (Fsp3) is 0.0870. The van der Waals surface area contributed by atoms with E-state index < -0.39 is 9.84 Å². The smallest absolute Gasteiger partial charge is 0.206 e. The van der Waals surface area contributed by atoms with Gasteiger partial charge in [0.25, 0.3) is 0 Å². The first kappa shape index (κ1) is 17.7. The zero-order valence-electron chi connectivity index (χ0n) is 15.5. The Morgan fingerprint density at radius 3 is 2.72 bits per heavy atom. The molecule has 2 aliphatic heterocycles. The molecule has 0 saturated carbocycles. The Bertz CT molecular complexity index is 1290. The third-order valence-electron chi connectivity index (χ3n) is 5.04. The first-order valence-electron chi connectivity index (χ1n) is 9.27. The Balaban J connectivity index is 1.38. The maximum absolute atomic E-state index is 13.0. The van der Waals surface area contributed by atoms with Gasteiger partial charge in [0.15, 0.2) is 0 Å². The molecule has 0 radical (unpaired) electrons. The summed E-state index contributed by atoms with van der Waals surface area (Å²) in [5.74, 6) is 0.873. The number of hydrogen-bond donors (Lipinski definition) is 0. The highest BCUT2D eigenvalue weighted by atomic mass is 32.2. The number of sulfone groups is 1. The van der Waals surface area contributed by atoms with Crippen LogP contribution in [0.5, 0.6) is 0 Å². The van der Waals surface area contributed by atoms with E-state index in [9.17, 15) is 8.42 Å². The summed E-state index contributed by atoms with van der Waals surface area (Å²) in [4.78, 5) is 6.82. The number of hydrogen-bond acceptors (Lipinski definition) is 5. The van der Waals surface area contributed by atoms with Crippen LogP contribution < -0.4 is 0 Å². The zero-order valence-corrected chi connectivity index (χ0v) is 16.3. The number of fused-ring (bicyclic) bond motifs is 2. The molecule has 0 spiro atoms. The van der Waals surface area contributed by atoms with E-state index in [0.29, 0.717) is 13.2 Å². The number of aromatic nitrogens is 1. The number of pyridine rings is 1. The minimum absolute atomic E-state index is 0.271. The maximum Gasteiger partial charge on any atom is 0.206 e. The van der Waals surface area contributed by atoms with Crippen LogP contribution in [-0.2, 0) is 21.1 Å². The van der Waals surface area contributed by atoms with Crippen molar-refractivity contribution in [3.63, 3.8) is 0 Å². The predicted molar refractivity (Wildman–Crippen MR) is 110 cm³/mol. The normalized spacial score (nSPS) is 15.7. The summed E-state index contributed by atoms with van der Waals surface area (Å²) in [7, 11) is -3.59. The van der Waals surface area contributed by atoms with Gasteiger partial charge in [-0.25, -0.2) is 8.42 Å². The Labute approximate surface area is 169 Å². The molecule has 3 heterocycles. The van der Waals surface area contributed by atoms with Crippen LogP contribution in [0.3, 0.4) is 0 Å². The van der Waals surface area contributed by atoms with E-state index in [-0.39, 0.29) is 9.79 Å². The van der Waals surface area contributed by atoms with Crippen molar-refractivity contribution >= 4 is 20.7 Å².